The van der Waals surface area contributed by atoms with Crippen molar-refractivity contribution in [3.63, 3.8) is 0 Å². The lowest BCUT2D eigenvalue weighted by Gasteiger charge is -2.39. The maximum absolute atomic E-state index is 13.3. The van der Waals surface area contributed by atoms with Crippen LogP contribution in [0.25, 0.3) is 0 Å². The lowest BCUT2D eigenvalue weighted by Crippen LogP contribution is -2.56. The molecule has 4 rings (SSSR count). The summed E-state index contributed by atoms with van der Waals surface area (Å²) >= 11 is 1.09. The lowest BCUT2D eigenvalue weighted by molar-refractivity contribution is -0.137. The number of alkyl halides is 3. The molecule has 2 saturated heterocycles. The molecule has 1 N–H and O–H groups in total. The van der Waals surface area contributed by atoms with E-state index in [1.807, 2.05) is 0 Å². The topological polar surface area (TPSA) is 50.8 Å². The summed E-state index contributed by atoms with van der Waals surface area (Å²) in [6.45, 7) is 7.66. The highest BCUT2D eigenvalue weighted by atomic mass is 32.2. The Morgan fingerprint density at radius 1 is 1.29 bits per heavy atom. The van der Waals surface area contributed by atoms with Gasteiger partial charge in [0.2, 0.25) is 0 Å². The minimum absolute atomic E-state index is 0.0765. The number of nitrogens with one attached hydrogen (secondary N) is 1. The number of nitrogens with zero attached hydrogens (tertiary/aromatic N) is 1. The second-order valence-electron chi connectivity index (χ2n) is 9.47. The van der Waals surface area contributed by atoms with E-state index >= 15 is 0 Å². The first-order valence-electron chi connectivity index (χ1n) is 10.5. The fourth-order valence-corrected chi connectivity index (χ4v) is 5.98. The third kappa shape index (κ3) is 4.04. The standard InChI is InChI=1S/C22H29F3N2O3S/c1-20-10-21(20,2)12-27(11-20)15-5-6-30-9-14(15)26-19(28)18-16(29-3)7-13(22(23,24)25)8-17(18)31-4/h7-8,14-15H,5-6,9-12H2,1-4H3,(H,26,28)/t14-,15?,20-,21+/m1/s1. The number of thioether (sulfide) groups is 1. The van der Waals surface area contributed by atoms with Gasteiger partial charge in [-0.05, 0) is 42.1 Å². The minimum Gasteiger partial charge on any atom is -0.496 e. The molecule has 1 saturated carbocycles. The average Bonchev–Trinajstić information content (AvgIpc) is 3.13. The number of rotatable bonds is 5. The van der Waals surface area contributed by atoms with E-state index in [0.717, 1.165) is 43.4 Å². The van der Waals surface area contributed by atoms with E-state index in [2.05, 4.69) is 24.1 Å². The van der Waals surface area contributed by atoms with E-state index in [1.165, 1.54) is 13.5 Å². The molecule has 1 aliphatic carbocycles. The first-order valence-corrected chi connectivity index (χ1v) is 11.7. The zero-order valence-corrected chi connectivity index (χ0v) is 19.1. The van der Waals surface area contributed by atoms with E-state index in [0.29, 0.717) is 24.0 Å². The number of carbonyl (C=O) groups is 1. The van der Waals surface area contributed by atoms with Crippen molar-refractivity contribution in [1.29, 1.82) is 0 Å². The molecule has 2 heterocycles. The smallest absolute Gasteiger partial charge is 0.416 e. The van der Waals surface area contributed by atoms with Gasteiger partial charge in [0.05, 0.1) is 30.9 Å². The number of hydrogen-bond acceptors (Lipinski definition) is 5. The van der Waals surface area contributed by atoms with Crippen LogP contribution in [0.3, 0.4) is 0 Å². The third-order valence-electron chi connectivity index (χ3n) is 7.38. The van der Waals surface area contributed by atoms with Gasteiger partial charge in [0, 0.05) is 30.6 Å². The molecular formula is C22H29F3N2O3S. The molecule has 5 nitrogen and oxygen atoms in total. The first-order chi connectivity index (χ1) is 14.5. The largest absolute Gasteiger partial charge is 0.496 e. The number of benzene rings is 1. The van der Waals surface area contributed by atoms with Gasteiger partial charge in [0.25, 0.3) is 5.91 Å². The van der Waals surface area contributed by atoms with Crippen molar-refractivity contribution in [2.75, 3.05) is 39.7 Å². The van der Waals surface area contributed by atoms with Gasteiger partial charge in [-0.2, -0.15) is 13.2 Å². The van der Waals surface area contributed by atoms with Crippen molar-refractivity contribution in [1.82, 2.24) is 10.2 Å². The molecule has 4 atom stereocenters. The number of likely N-dealkylation sites (tertiary alicyclic amines) is 1. The molecule has 172 valence electrons. The van der Waals surface area contributed by atoms with Crippen LogP contribution in [0, 0.1) is 10.8 Å². The molecule has 1 aromatic rings. The van der Waals surface area contributed by atoms with Crippen LogP contribution in [0.15, 0.2) is 17.0 Å². The van der Waals surface area contributed by atoms with Crippen molar-refractivity contribution < 1.29 is 27.4 Å². The van der Waals surface area contributed by atoms with Gasteiger partial charge in [0.1, 0.15) is 5.75 Å². The number of fused-ring (bicyclic) bond motifs is 1. The highest BCUT2D eigenvalue weighted by molar-refractivity contribution is 7.98. The Bertz CT molecular complexity index is 839. The summed E-state index contributed by atoms with van der Waals surface area (Å²) in [6, 6.07) is 1.82. The maximum Gasteiger partial charge on any atom is 0.416 e. The molecule has 0 aromatic heterocycles. The number of hydrogen-bond donors (Lipinski definition) is 1. The second kappa shape index (κ2) is 7.85. The number of halogens is 3. The molecule has 3 aliphatic rings. The monoisotopic (exact) mass is 458 g/mol. The highest BCUT2D eigenvalue weighted by Gasteiger charge is 2.66. The summed E-state index contributed by atoms with van der Waals surface area (Å²) in [5.74, 6) is -0.510. The summed E-state index contributed by atoms with van der Waals surface area (Å²) in [7, 11) is 1.28. The van der Waals surface area contributed by atoms with Gasteiger partial charge in [-0.1, -0.05) is 13.8 Å². The Hall–Kier alpha value is -1.45. The molecule has 0 radical (unpaired) electrons. The first kappa shape index (κ1) is 22.7. The van der Waals surface area contributed by atoms with Crippen molar-refractivity contribution in [3.05, 3.63) is 23.3 Å². The van der Waals surface area contributed by atoms with E-state index < -0.39 is 17.6 Å². The van der Waals surface area contributed by atoms with Gasteiger partial charge >= 0.3 is 6.18 Å². The van der Waals surface area contributed by atoms with Crippen molar-refractivity contribution >= 4 is 17.7 Å². The van der Waals surface area contributed by atoms with Crippen LogP contribution in [-0.4, -0.2) is 62.6 Å². The quantitative estimate of drug-likeness (QED) is 0.675. The highest BCUT2D eigenvalue weighted by Crippen LogP contribution is 2.68. The number of ether oxygens (including phenoxy) is 2. The van der Waals surface area contributed by atoms with Gasteiger partial charge in [-0.15, -0.1) is 11.8 Å². The Labute approximate surface area is 185 Å². The Kier molecular flexibility index (Phi) is 5.75. The van der Waals surface area contributed by atoms with Crippen LogP contribution in [-0.2, 0) is 10.9 Å². The zero-order valence-electron chi connectivity index (χ0n) is 18.3. The molecule has 0 bridgehead atoms. The fraction of sp³-hybridized carbons (Fsp3) is 0.682. The summed E-state index contributed by atoms with van der Waals surface area (Å²) < 4.78 is 50.6. The van der Waals surface area contributed by atoms with Crippen LogP contribution in [0.1, 0.15) is 42.6 Å². The maximum atomic E-state index is 13.3. The second-order valence-corrected chi connectivity index (χ2v) is 10.3. The summed E-state index contributed by atoms with van der Waals surface area (Å²) in [5.41, 5.74) is -0.0251. The molecule has 1 amide bonds. The van der Waals surface area contributed by atoms with E-state index in [1.54, 1.807) is 6.26 Å². The lowest BCUT2D eigenvalue weighted by atomic mass is 9.99. The van der Waals surface area contributed by atoms with Crippen molar-refractivity contribution in [3.8, 4) is 5.75 Å². The van der Waals surface area contributed by atoms with Gasteiger partial charge < -0.3 is 14.8 Å². The van der Waals surface area contributed by atoms with Gasteiger partial charge in [0.15, 0.2) is 0 Å². The van der Waals surface area contributed by atoms with E-state index in [-0.39, 0.29) is 28.3 Å². The molecule has 1 unspecified atom stereocenters. The molecule has 2 aliphatic heterocycles. The van der Waals surface area contributed by atoms with E-state index in [4.69, 9.17) is 9.47 Å². The van der Waals surface area contributed by atoms with Crippen LogP contribution < -0.4 is 10.1 Å². The van der Waals surface area contributed by atoms with Crippen LogP contribution >= 0.6 is 11.8 Å². The number of methoxy groups -OCH3 is 1. The SMILES string of the molecule is COc1cc(C(F)(F)F)cc(SC)c1C(=O)N[C@@H]1COCCC1N1C[C@@]2(C)C[C@@]2(C)C1. The number of amides is 1. The fourth-order valence-electron chi connectivity index (χ4n) is 5.34. The Balaban J connectivity index is 1.57. The molecular weight excluding hydrogens is 429 g/mol. The molecule has 0 spiro atoms. The van der Waals surface area contributed by atoms with Crippen molar-refractivity contribution in [2.45, 2.75) is 49.8 Å². The number of piperidine rings is 1. The van der Waals surface area contributed by atoms with E-state index in [9.17, 15) is 18.0 Å². The molecule has 3 fully saturated rings. The third-order valence-corrected chi connectivity index (χ3v) is 8.14. The van der Waals surface area contributed by atoms with Gasteiger partial charge in [-0.3, -0.25) is 9.69 Å². The van der Waals surface area contributed by atoms with Crippen LogP contribution in [0.4, 0.5) is 13.2 Å². The van der Waals surface area contributed by atoms with Gasteiger partial charge in [-0.25, -0.2) is 0 Å². The summed E-state index contributed by atoms with van der Waals surface area (Å²) in [5, 5.41) is 3.04. The predicted molar refractivity (Wildman–Crippen MR) is 113 cm³/mol. The zero-order chi connectivity index (χ0) is 22.6. The summed E-state index contributed by atoms with van der Waals surface area (Å²) in [6.07, 6.45) is -0.818. The van der Waals surface area contributed by atoms with Crippen LogP contribution in [0.2, 0.25) is 0 Å². The Morgan fingerprint density at radius 3 is 2.55 bits per heavy atom. The minimum atomic E-state index is -4.52. The average molecular weight is 459 g/mol. The molecule has 1 aromatic carbocycles. The normalized spacial score (nSPS) is 33.1. The summed E-state index contributed by atoms with van der Waals surface area (Å²) in [4.78, 5) is 15.9. The predicted octanol–water partition coefficient (Wildman–Crippen LogP) is 4.06. The Morgan fingerprint density at radius 2 is 1.97 bits per heavy atom. The number of carbonyl (C=O) groups excluding carboxylic acids is 1. The van der Waals surface area contributed by atoms with Crippen molar-refractivity contribution in [2.24, 2.45) is 10.8 Å². The van der Waals surface area contributed by atoms with Crippen LogP contribution in [0.5, 0.6) is 5.75 Å². The molecule has 9 heteroatoms. The molecule has 31 heavy (non-hydrogen) atoms.